The van der Waals surface area contributed by atoms with Crippen molar-refractivity contribution in [3.63, 3.8) is 0 Å². The molecule has 5 nitrogen and oxygen atoms in total. The van der Waals surface area contributed by atoms with Gasteiger partial charge in [0.2, 0.25) is 0 Å². The first-order chi connectivity index (χ1) is 10.3. The van der Waals surface area contributed by atoms with Crippen molar-refractivity contribution >= 4 is 17.2 Å². The largest absolute Gasteiger partial charge is 0.355 e. The fourth-order valence-electron chi connectivity index (χ4n) is 1.86. The normalized spacial score (nSPS) is 10.5. The van der Waals surface area contributed by atoms with Gasteiger partial charge in [0.05, 0.1) is 4.88 Å². The fourth-order valence-corrected chi connectivity index (χ4v) is 2.53. The van der Waals surface area contributed by atoms with Crippen molar-refractivity contribution in [3.8, 4) is 10.6 Å². The molecular formula is C15H13N3O2S. The second-order valence-electron chi connectivity index (χ2n) is 4.38. The molecule has 1 N–H and O–H groups in total. The van der Waals surface area contributed by atoms with E-state index in [1.54, 1.807) is 23.6 Å². The van der Waals surface area contributed by atoms with Crippen LogP contribution >= 0.6 is 11.3 Å². The fraction of sp³-hybridized carbons (Fsp3) is 0.133. The van der Waals surface area contributed by atoms with E-state index in [-0.39, 0.29) is 5.91 Å². The highest BCUT2D eigenvalue weighted by molar-refractivity contribution is 7.13. The van der Waals surface area contributed by atoms with Gasteiger partial charge in [0, 0.05) is 30.9 Å². The van der Waals surface area contributed by atoms with Gasteiger partial charge in [0.1, 0.15) is 0 Å². The summed E-state index contributed by atoms with van der Waals surface area (Å²) < 4.78 is 5.18. The van der Waals surface area contributed by atoms with Gasteiger partial charge in [-0.2, -0.15) is 0 Å². The van der Waals surface area contributed by atoms with Crippen molar-refractivity contribution in [1.29, 1.82) is 0 Å². The van der Waals surface area contributed by atoms with Crippen LogP contribution in [0.3, 0.4) is 0 Å². The molecule has 21 heavy (non-hydrogen) atoms. The molecule has 0 atom stereocenters. The molecule has 0 aliphatic rings. The number of hydrogen-bond donors (Lipinski definition) is 1. The van der Waals surface area contributed by atoms with Gasteiger partial charge in [0.15, 0.2) is 11.5 Å². The van der Waals surface area contributed by atoms with Crippen LogP contribution in [0.15, 0.2) is 52.5 Å². The zero-order chi connectivity index (χ0) is 14.5. The maximum Gasteiger partial charge on any atom is 0.273 e. The number of thiophene rings is 1. The molecule has 3 aromatic rings. The Morgan fingerprint density at radius 2 is 2.24 bits per heavy atom. The molecule has 0 unspecified atom stereocenters. The summed E-state index contributed by atoms with van der Waals surface area (Å²) in [6.45, 7) is 0.511. The SMILES string of the molecule is O=C(NCCc1ccccn1)c1cc(-c2cccs2)on1. The quantitative estimate of drug-likeness (QED) is 0.786. The maximum absolute atomic E-state index is 12.0. The van der Waals surface area contributed by atoms with E-state index in [1.807, 2.05) is 35.7 Å². The minimum atomic E-state index is -0.238. The van der Waals surface area contributed by atoms with E-state index in [4.69, 9.17) is 4.52 Å². The van der Waals surface area contributed by atoms with E-state index in [2.05, 4.69) is 15.5 Å². The molecule has 0 aliphatic heterocycles. The Labute approximate surface area is 125 Å². The number of pyridine rings is 1. The molecule has 3 rings (SSSR count). The van der Waals surface area contributed by atoms with Crippen LogP contribution in [0, 0.1) is 0 Å². The monoisotopic (exact) mass is 299 g/mol. The van der Waals surface area contributed by atoms with Crippen LogP contribution in [0.4, 0.5) is 0 Å². The van der Waals surface area contributed by atoms with Crippen molar-refractivity contribution in [2.75, 3.05) is 6.54 Å². The highest BCUT2D eigenvalue weighted by atomic mass is 32.1. The predicted octanol–water partition coefficient (Wildman–Crippen LogP) is 2.77. The van der Waals surface area contributed by atoms with E-state index in [1.165, 1.54) is 0 Å². The highest BCUT2D eigenvalue weighted by Crippen LogP contribution is 2.24. The van der Waals surface area contributed by atoms with Gasteiger partial charge in [-0.1, -0.05) is 17.3 Å². The number of amides is 1. The Balaban J connectivity index is 1.56. The Bertz CT molecular complexity index is 708. The topological polar surface area (TPSA) is 68.0 Å². The molecule has 0 saturated carbocycles. The van der Waals surface area contributed by atoms with Crippen LogP contribution < -0.4 is 5.32 Å². The van der Waals surface area contributed by atoms with Gasteiger partial charge in [-0.15, -0.1) is 11.3 Å². The summed E-state index contributed by atoms with van der Waals surface area (Å²) in [5, 5.41) is 8.56. The lowest BCUT2D eigenvalue weighted by Crippen LogP contribution is -2.26. The standard InChI is InChI=1S/C15H13N3O2S/c19-15(17-8-6-11-4-1-2-7-16-11)12-10-13(20-18-12)14-5-3-9-21-14/h1-5,7,9-10H,6,8H2,(H,17,19). The predicted molar refractivity (Wildman–Crippen MR) is 80.1 cm³/mol. The van der Waals surface area contributed by atoms with Crippen molar-refractivity contribution < 1.29 is 9.32 Å². The minimum absolute atomic E-state index is 0.238. The molecule has 0 radical (unpaired) electrons. The first-order valence-corrected chi connectivity index (χ1v) is 7.39. The molecule has 0 aromatic carbocycles. The lowest BCUT2D eigenvalue weighted by Gasteiger charge is -2.01. The molecule has 0 fully saturated rings. The van der Waals surface area contributed by atoms with Gasteiger partial charge in [-0.25, -0.2) is 0 Å². The summed E-state index contributed by atoms with van der Waals surface area (Å²) in [5.41, 5.74) is 1.23. The lowest BCUT2D eigenvalue weighted by atomic mass is 10.2. The molecule has 6 heteroatoms. The number of carbonyl (C=O) groups excluding carboxylic acids is 1. The van der Waals surface area contributed by atoms with Crippen LogP contribution in [-0.2, 0) is 6.42 Å². The zero-order valence-electron chi connectivity index (χ0n) is 11.2. The molecule has 0 spiro atoms. The first-order valence-electron chi connectivity index (χ1n) is 6.51. The third kappa shape index (κ3) is 3.35. The number of carbonyl (C=O) groups is 1. The minimum Gasteiger partial charge on any atom is -0.355 e. The second-order valence-corrected chi connectivity index (χ2v) is 5.33. The van der Waals surface area contributed by atoms with E-state index in [0.717, 1.165) is 10.6 Å². The van der Waals surface area contributed by atoms with E-state index < -0.39 is 0 Å². The Morgan fingerprint density at radius 1 is 1.29 bits per heavy atom. The third-order valence-electron chi connectivity index (χ3n) is 2.90. The van der Waals surface area contributed by atoms with Gasteiger partial charge >= 0.3 is 0 Å². The van der Waals surface area contributed by atoms with Crippen LogP contribution in [0.5, 0.6) is 0 Å². The maximum atomic E-state index is 12.0. The van der Waals surface area contributed by atoms with E-state index in [0.29, 0.717) is 24.4 Å². The average Bonchev–Trinajstić information content (AvgIpc) is 3.19. The van der Waals surface area contributed by atoms with Gasteiger partial charge in [-0.05, 0) is 23.6 Å². The number of hydrogen-bond acceptors (Lipinski definition) is 5. The third-order valence-corrected chi connectivity index (χ3v) is 3.78. The van der Waals surface area contributed by atoms with Crippen molar-refractivity contribution in [3.05, 3.63) is 59.4 Å². The molecular weight excluding hydrogens is 286 g/mol. The average molecular weight is 299 g/mol. The van der Waals surface area contributed by atoms with Crippen LogP contribution in [0.25, 0.3) is 10.6 Å². The number of nitrogens with zero attached hydrogens (tertiary/aromatic N) is 2. The summed E-state index contributed by atoms with van der Waals surface area (Å²) in [6.07, 6.45) is 2.42. The Kier molecular flexibility index (Phi) is 4.07. The first kappa shape index (κ1) is 13.5. The summed E-state index contributed by atoms with van der Waals surface area (Å²) in [7, 11) is 0. The van der Waals surface area contributed by atoms with E-state index in [9.17, 15) is 4.79 Å². The molecule has 0 bridgehead atoms. The Morgan fingerprint density at radius 3 is 3.00 bits per heavy atom. The molecule has 3 aromatic heterocycles. The molecule has 106 valence electrons. The van der Waals surface area contributed by atoms with Crippen molar-refractivity contribution in [2.24, 2.45) is 0 Å². The summed E-state index contributed by atoms with van der Waals surface area (Å²) >= 11 is 1.54. The summed E-state index contributed by atoms with van der Waals surface area (Å²) in [4.78, 5) is 17.1. The van der Waals surface area contributed by atoms with Crippen molar-refractivity contribution in [1.82, 2.24) is 15.5 Å². The van der Waals surface area contributed by atoms with Crippen LogP contribution in [0.1, 0.15) is 16.2 Å². The number of nitrogens with one attached hydrogen (secondary N) is 1. The summed E-state index contributed by atoms with van der Waals surface area (Å²) in [5.74, 6) is 0.373. The molecule has 1 amide bonds. The number of rotatable bonds is 5. The van der Waals surface area contributed by atoms with Crippen LogP contribution in [0.2, 0.25) is 0 Å². The van der Waals surface area contributed by atoms with Crippen LogP contribution in [-0.4, -0.2) is 22.6 Å². The lowest BCUT2D eigenvalue weighted by molar-refractivity contribution is 0.0945. The van der Waals surface area contributed by atoms with Crippen molar-refractivity contribution in [2.45, 2.75) is 6.42 Å². The van der Waals surface area contributed by atoms with Gasteiger partial charge < -0.3 is 9.84 Å². The zero-order valence-corrected chi connectivity index (χ0v) is 12.0. The smallest absolute Gasteiger partial charge is 0.273 e. The number of aromatic nitrogens is 2. The highest BCUT2D eigenvalue weighted by Gasteiger charge is 2.13. The van der Waals surface area contributed by atoms with E-state index >= 15 is 0 Å². The van der Waals surface area contributed by atoms with Gasteiger partial charge in [0.25, 0.3) is 5.91 Å². The molecule has 0 saturated heterocycles. The summed E-state index contributed by atoms with van der Waals surface area (Å²) in [6, 6.07) is 11.2. The molecule has 0 aliphatic carbocycles. The second kappa shape index (κ2) is 6.32. The Hall–Kier alpha value is -2.47. The van der Waals surface area contributed by atoms with Gasteiger partial charge in [-0.3, -0.25) is 9.78 Å². The molecule has 3 heterocycles.